The van der Waals surface area contributed by atoms with Gasteiger partial charge >= 0.3 is 19.8 Å². The third-order valence-corrected chi connectivity index (χ3v) is 7.46. The molecule has 2 unspecified atom stereocenters. The Balaban J connectivity index is 4.48. The van der Waals surface area contributed by atoms with Gasteiger partial charge in [-0.15, -0.1) is 0 Å². The fourth-order valence-corrected chi connectivity index (χ4v) is 4.69. The van der Waals surface area contributed by atoms with Gasteiger partial charge in [0.2, 0.25) is 0 Å². The summed E-state index contributed by atoms with van der Waals surface area (Å²) in [7, 11) is -4.40. The molecule has 0 rings (SSSR count). The van der Waals surface area contributed by atoms with Gasteiger partial charge in [-0.1, -0.05) is 111 Å². The molecule has 0 aliphatic heterocycles. The molecule has 0 aromatic rings. The molecule has 0 bridgehead atoms. The molecule has 9 nitrogen and oxygen atoms in total. The Labute approximate surface area is 296 Å². The lowest BCUT2D eigenvalue weighted by atomic mass is 10.2. The Hall–Kier alpha value is -3.07. The quantitative estimate of drug-likeness (QED) is 0.0313. The first-order valence-electron chi connectivity index (χ1n) is 17.7. The predicted molar refractivity (Wildman–Crippen MR) is 201 cm³/mol. The summed E-state index contributed by atoms with van der Waals surface area (Å²) in [6.07, 6.45) is 43.2. The van der Waals surface area contributed by atoms with Crippen molar-refractivity contribution in [2.75, 3.05) is 26.4 Å². The molecular weight excluding hydrogens is 641 g/mol. The van der Waals surface area contributed by atoms with E-state index in [-0.39, 0.29) is 32.6 Å². The monoisotopic (exact) mass is 703 g/mol. The van der Waals surface area contributed by atoms with Crippen LogP contribution in [0.3, 0.4) is 0 Å². The second-order valence-corrected chi connectivity index (χ2v) is 12.4. The minimum absolute atomic E-state index is 0.0319. The predicted octanol–water partition coefficient (Wildman–Crippen LogP) is 9.48. The van der Waals surface area contributed by atoms with E-state index in [1.807, 2.05) is 12.2 Å². The Kier molecular flexibility index (Phi) is 32.6. The standard InChI is InChI=1S/C39H62NO8P/c1-3-5-7-9-11-13-15-17-18-20-22-24-26-28-30-32-39(42)48-37(36-47-49(43,44)46-34-33-40)35-45-38(41)31-29-27-25-23-21-19-16-14-12-10-8-6-4-2/h5-8,11-14,17-19,21-22,24-25,27,37H,3-4,9-10,15-16,20,23,26,28-36,40H2,1-2H3,(H,43,44)/b7-5-,8-6-,13-11-,14-12-,18-17-,21-19-,24-22-,27-25-. The molecule has 10 heteroatoms. The van der Waals surface area contributed by atoms with Crippen molar-refractivity contribution in [2.45, 2.75) is 110 Å². The van der Waals surface area contributed by atoms with Crippen molar-refractivity contribution < 1.29 is 37.6 Å². The first kappa shape index (κ1) is 45.9. The third kappa shape index (κ3) is 34.6. The SMILES string of the molecule is CC/C=C\C/C=C\C/C=C\C/C=C\CCCCC(=O)OC(COC(=O)CC/C=C\C/C=C\C/C=C\C/C=C\CC)COP(=O)(O)OCCN. The molecule has 0 fully saturated rings. The summed E-state index contributed by atoms with van der Waals surface area (Å²) < 4.78 is 32.4. The highest BCUT2D eigenvalue weighted by Crippen LogP contribution is 2.43. The maximum absolute atomic E-state index is 12.5. The minimum atomic E-state index is -4.40. The van der Waals surface area contributed by atoms with Crippen molar-refractivity contribution >= 4 is 19.8 Å². The van der Waals surface area contributed by atoms with Gasteiger partial charge in [0.1, 0.15) is 6.61 Å². The molecule has 0 heterocycles. The Morgan fingerprint density at radius 2 is 1.08 bits per heavy atom. The molecule has 0 saturated carbocycles. The molecule has 0 aromatic heterocycles. The number of nitrogens with two attached hydrogens (primary N) is 1. The molecule has 0 spiro atoms. The van der Waals surface area contributed by atoms with Gasteiger partial charge in [0.25, 0.3) is 0 Å². The lowest BCUT2D eigenvalue weighted by Gasteiger charge is -2.19. The molecule has 2 atom stereocenters. The van der Waals surface area contributed by atoms with Crippen molar-refractivity contribution in [2.24, 2.45) is 5.73 Å². The molecule has 0 radical (unpaired) electrons. The van der Waals surface area contributed by atoms with Crippen LogP contribution in [0.5, 0.6) is 0 Å². The van der Waals surface area contributed by atoms with E-state index in [0.717, 1.165) is 64.2 Å². The summed E-state index contributed by atoms with van der Waals surface area (Å²) in [5, 5.41) is 0. The molecule has 0 amide bonds. The van der Waals surface area contributed by atoms with Crippen LogP contribution in [0.15, 0.2) is 97.2 Å². The Morgan fingerprint density at radius 1 is 0.612 bits per heavy atom. The van der Waals surface area contributed by atoms with Gasteiger partial charge in [0.05, 0.1) is 13.2 Å². The number of ether oxygens (including phenoxy) is 2. The fourth-order valence-electron chi connectivity index (χ4n) is 3.93. The van der Waals surface area contributed by atoms with Crippen molar-refractivity contribution in [3.8, 4) is 0 Å². The second-order valence-electron chi connectivity index (χ2n) is 11.0. The van der Waals surface area contributed by atoms with Crippen LogP contribution in [-0.4, -0.2) is 49.3 Å². The molecule has 49 heavy (non-hydrogen) atoms. The zero-order chi connectivity index (χ0) is 36.1. The van der Waals surface area contributed by atoms with E-state index in [1.165, 1.54) is 0 Å². The second kappa shape index (κ2) is 34.8. The highest BCUT2D eigenvalue weighted by Gasteiger charge is 2.25. The number of phosphoric ester groups is 1. The zero-order valence-corrected chi connectivity index (χ0v) is 30.8. The topological polar surface area (TPSA) is 134 Å². The van der Waals surface area contributed by atoms with E-state index in [9.17, 15) is 19.0 Å². The number of esters is 2. The maximum Gasteiger partial charge on any atom is 0.472 e. The minimum Gasteiger partial charge on any atom is -0.462 e. The number of rotatable bonds is 31. The van der Waals surface area contributed by atoms with Crippen LogP contribution in [0.25, 0.3) is 0 Å². The summed E-state index contributed by atoms with van der Waals surface area (Å²) in [6, 6.07) is 0. The maximum atomic E-state index is 12.5. The van der Waals surface area contributed by atoms with E-state index in [0.29, 0.717) is 12.8 Å². The van der Waals surface area contributed by atoms with Gasteiger partial charge in [0.15, 0.2) is 6.10 Å². The lowest BCUT2D eigenvalue weighted by Crippen LogP contribution is -2.29. The smallest absolute Gasteiger partial charge is 0.462 e. The van der Waals surface area contributed by atoms with Gasteiger partial charge < -0.3 is 20.1 Å². The first-order valence-corrected chi connectivity index (χ1v) is 19.2. The van der Waals surface area contributed by atoms with Crippen molar-refractivity contribution in [1.82, 2.24) is 0 Å². The van der Waals surface area contributed by atoms with Crippen molar-refractivity contribution in [1.29, 1.82) is 0 Å². The molecule has 276 valence electrons. The van der Waals surface area contributed by atoms with Crippen molar-refractivity contribution in [3.63, 3.8) is 0 Å². The van der Waals surface area contributed by atoms with Gasteiger partial charge in [-0.05, 0) is 77.0 Å². The highest BCUT2D eigenvalue weighted by atomic mass is 31.2. The van der Waals surface area contributed by atoms with E-state index in [4.69, 9.17) is 24.3 Å². The zero-order valence-electron chi connectivity index (χ0n) is 29.9. The van der Waals surface area contributed by atoms with Crippen LogP contribution >= 0.6 is 7.82 Å². The lowest BCUT2D eigenvalue weighted by molar-refractivity contribution is -0.161. The number of hydrogen-bond acceptors (Lipinski definition) is 8. The average molecular weight is 704 g/mol. The number of unbranched alkanes of at least 4 members (excludes halogenated alkanes) is 2. The summed E-state index contributed by atoms with van der Waals surface area (Å²) in [4.78, 5) is 34.6. The van der Waals surface area contributed by atoms with Crippen LogP contribution < -0.4 is 5.73 Å². The van der Waals surface area contributed by atoms with Gasteiger partial charge in [-0.3, -0.25) is 18.6 Å². The van der Waals surface area contributed by atoms with Crippen LogP contribution in [-0.2, 0) is 32.7 Å². The fraction of sp³-hybridized carbons (Fsp3) is 0.538. The van der Waals surface area contributed by atoms with Crippen LogP contribution in [0.1, 0.15) is 104 Å². The number of hydrogen-bond donors (Lipinski definition) is 2. The molecule has 0 saturated heterocycles. The summed E-state index contributed by atoms with van der Waals surface area (Å²) in [5.74, 6) is -0.988. The molecule has 0 aromatic carbocycles. The summed E-state index contributed by atoms with van der Waals surface area (Å²) in [5.41, 5.74) is 5.31. The van der Waals surface area contributed by atoms with E-state index >= 15 is 0 Å². The number of carbonyl (C=O) groups excluding carboxylic acids is 2. The highest BCUT2D eigenvalue weighted by molar-refractivity contribution is 7.47. The van der Waals surface area contributed by atoms with Crippen LogP contribution in [0, 0.1) is 0 Å². The Morgan fingerprint density at radius 3 is 1.57 bits per heavy atom. The Bertz CT molecular complexity index is 1120. The van der Waals surface area contributed by atoms with Crippen LogP contribution in [0.2, 0.25) is 0 Å². The molecule has 0 aliphatic rings. The number of carbonyl (C=O) groups is 2. The molecular formula is C39H62NO8P. The number of allylic oxidation sites excluding steroid dienone is 16. The average Bonchev–Trinajstić information content (AvgIpc) is 3.08. The van der Waals surface area contributed by atoms with E-state index in [1.54, 1.807) is 0 Å². The molecule has 3 N–H and O–H groups in total. The van der Waals surface area contributed by atoms with Crippen LogP contribution in [0.4, 0.5) is 0 Å². The molecule has 0 aliphatic carbocycles. The van der Waals surface area contributed by atoms with Gasteiger partial charge in [-0.2, -0.15) is 0 Å². The number of phosphoric acid groups is 1. The van der Waals surface area contributed by atoms with Gasteiger partial charge in [0, 0.05) is 19.4 Å². The summed E-state index contributed by atoms with van der Waals surface area (Å²) >= 11 is 0. The van der Waals surface area contributed by atoms with Crippen molar-refractivity contribution in [3.05, 3.63) is 97.2 Å². The normalized spacial score (nSPS) is 14.6. The van der Waals surface area contributed by atoms with E-state index in [2.05, 4.69) is 98.9 Å². The first-order chi connectivity index (χ1) is 23.8. The third-order valence-electron chi connectivity index (χ3n) is 6.48. The largest absolute Gasteiger partial charge is 0.472 e. The summed E-state index contributed by atoms with van der Waals surface area (Å²) in [6.45, 7) is 3.31. The van der Waals surface area contributed by atoms with E-state index < -0.39 is 32.5 Å². The van der Waals surface area contributed by atoms with Gasteiger partial charge in [-0.25, -0.2) is 4.57 Å².